The van der Waals surface area contributed by atoms with E-state index in [0.717, 1.165) is 16.0 Å². The Labute approximate surface area is 133 Å². The van der Waals surface area contributed by atoms with Gasteiger partial charge in [0.1, 0.15) is 11.7 Å². The van der Waals surface area contributed by atoms with Crippen LogP contribution in [0.5, 0.6) is 0 Å². The molecule has 3 rings (SSSR count). The summed E-state index contributed by atoms with van der Waals surface area (Å²) in [6, 6.07) is 4.99. The van der Waals surface area contributed by atoms with Crippen molar-refractivity contribution >= 4 is 23.2 Å². The molecule has 2 aromatic heterocycles. The smallest absolute Gasteiger partial charge is 0.273 e. The summed E-state index contributed by atoms with van der Waals surface area (Å²) >= 11 is 1.48. The summed E-state index contributed by atoms with van der Waals surface area (Å²) in [5.41, 5.74) is 2.45. The predicted molar refractivity (Wildman–Crippen MR) is 84.8 cm³/mol. The summed E-state index contributed by atoms with van der Waals surface area (Å²) in [7, 11) is 0. The molecule has 5 nitrogen and oxygen atoms in total. The number of pyridine rings is 1. The van der Waals surface area contributed by atoms with Crippen molar-refractivity contribution in [2.45, 2.75) is 19.9 Å². The van der Waals surface area contributed by atoms with Crippen LogP contribution in [0.2, 0.25) is 0 Å². The number of hydrogen-bond donors (Lipinski definition) is 1. The summed E-state index contributed by atoms with van der Waals surface area (Å²) in [6.45, 7) is 4.87. The third-order valence-electron chi connectivity index (χ3n) is 3.88. The van der Waals surface area contributed by atoms with Crippen LogP contribution in [0.25, 0.3) is 0 Å². The zero-order chi connectivity index (χ0) is 15.7. The van der Waals surface area contributed by atoms with Crippen molar-refractivity contribution in [1.82, 2.24) is 15.2 Å². The SMILES string of the molecule is Cc1cnc(C(=O)N2CCNC(=O)C2c2cccs2)cc1C. The minimum absolute atomic E-state index is 0.133. The third-order valence-corrected chi connectivity index (χ3v) is 4.80. The average molecular weight is 315 g/mol. The van der Waals surface area contributed by atoms with Crippen LogP contribution < -0.4 is 5.32 Å². The number of carbonyl (C=O) groups is 2. The molecule has 2 amide bonds. The molecule has 1 N–H and O–H groups in total. The van der Waals surface area contributed by atoms with Gasteiger partial charge in [-0.05, 0) is 42.5 Å². The maximum absolute atomic E-state index is 12.8. The van der Waals surface area contributed by atoms with Crippen LogP contribution in [0.1, 0.15) is 32.5 Å². The van der Waals surface area contributed by atoms with E-state index in [2.05, 4.69) is 10.3 Å². The third kappa shape index (κ3) is 2.62. The summed E-state index contributed by atoms with van der Waals surface area (Å²) in [5, 5.41) is 4.74. The van der Waals surface area contributed by atoms with Crippen LogP contribution in [0, 0.1) is 13.8 Å². The van der Waals surface area contributed by atoms with Gasteiger partial charge in [-0.2, -0.15) is 0 Å². The van der Waals surface area contributed by atoms with Crippen molar-refractivity contribution in [3.05, 3.63) is 51.5 Å². The van der Waals surface area contributed by atoms with Gasteiger partial charge in [0, 0.05) is 24.2 Å². The van der Waals surface area contributed by atoms with Crippen LogP contribution in [0.4, 0.5) is 0 Å². The Bertz CT molecular complexity index is 712. The van der Waals surface area contributed by atoms with Crippen molar-refractivity contribution in [1.29, 1.82) is 0 Å². The van der Waals surface area contributed by atoms with E-state index in [1.165, 1.54) is 11.3 Å². The van der Waals surface area contributed by atoms with Crippen LogP contribution in [0.3, 0.4) is 0 Å². The second-order valence-corrected chi connectivity index (χ2v) is 6.34. The number of aryl methyl sites for hydroxylation is 2. The van der Waals surface area contributed by atoms with Gasteiger partial charge in [-0.25, -0.2) is 0 Å². The quantitative estimate of drug-likeness (QED) is 0.923. The molecule has 1 aliphatic heterocycles. The normalized spacial score (nSPS) is 18.2. The van der Waals surface area contributed by atoms with Crippen LogP contribution in [0.15, 0.2) is 29.8 Å². The van der Waals surface area contributed by atoms with Crippen LogP contribution in [-0.2, 0) is 4.79 Å². The molecule has 0 aliphatic carbocycles. The van der Waals surface area contributed by atoms with E-state index in [4.69, 9.17) is 0 Å². The lowest BCUT2D eigenvalue weighted by Gasteiger charge is -2.34. The second-order valence-electron chi connectivity index (χ2n) is 5.36. The Morgan fingerprint density at radius 2 is 2.23 bits per heavy atom. The highest BCUT2D eigenvalue weighted by Gasteiger charge is 2.35. The zero-order valence-electron chi connectivity index (χ0n) is 12.5. The summed E-state index contributed by atoms with van der Waals surface area (Å²) in [6.07, 6.45) is 1.70. The lowest BCUT2D eigenvalue weighted by molar-refractivity contribution is -0.127. The lowest BCUT2D eigenvalue weighted by Crippen LogP contribution is -2.52. The second kappa shape index (κ2) is 5.88. The maximum atomic E-state index is 12.8. The van der Waals surface area contributed by atoms with Crippen LogP contribution >= 0.6 is 11.3 Å². The number of nitrogens with zero attached hydrogens (tertiary/aromatic N) is 2. The van der Waals surface area contributed by atoms with Gasteiger partial charge in [-0.3, -0.25) is 14.6 Å². The molecule has 1 atom stereocenters. The van der Waals surface area contributed by atoms with E-state index in [9.17, 15) is 9.59 Å². The predicted octanol–water partition coefficient (Wildman–Crippen LogP) is 2.07. The van der Waals surface area contributed by atoms with E-state index in [-0.39, 0.29) is 11.8 Å². The highest BCUT2D eigenvalue weighted by Crippen LogP contribution is 2.28. The maximum Gasteiger partial charge on any atom is 0.273 e. The molecule has 6 heteroatoms. The van der Waals surface area contributed by atoms with Gasteiger partial charge in [0.05, 0.1) is 0 Å². The molecule has 22 heavy (non-hydrogen) atoms. The Balaban J connectivity index is 1.95. The van der Waals surface area contributed by atoms with Crippen molar-refractivity contribution in [2.24, 2.45) is 0 Å². The molecular weight excluding hydrogens is 298 g/mol. The first kappa shape index (κ1) is 14.7. The molecule has 1 fully saturated rings. The van der Waals surface area contributed by atoms with Gasteiger partial charge >= 0.3 is 0 Å². The van der Waals surface area contributed by atoms with Gasteiger partial charge in [0.25, 0.3) is 5.91 Å². The molecule has 0 saturated carbocycles. The number of amides is 2. The number of rotatable bonds is 2. The monoisotopic (exact) mass is 315 g/mol. The first-order valence-corrected chi connectivity index (χ1v) is 8.01. The summed E-state index contributed by atoms with van der Waals surface area (Å²) < 4.78 is 0. The highest BCUT2D eigenvalue weighted by atomic mass is 32.1. The fraction of sp³-hybridized carbons (Fsp3) is 0.312. The number of piperazine rings is 1. The Hall–Kier alpha value is -2.21. The van der Waals surface area contributed by atoms with Crippen molar-refractivity contribution < 1.29 is 9.59 Å². The Kier molecular flexibility index (Phi) is 3.94. The fourth-order valence-corrected chi connectivity index (χ4v) is 3.34. The van der Waals surface area contributed by atoms with Gasteiger partial charge in [0.2, 0.25) is 5.91 Å². The molecule has 0 aromatic carbocycles. The molecule has 1 aliphatic rings. The molecular formula is C16H17N3O2S. The van der Waals surface area contributed by atoms with E-state index < -0.39 is 6.04 Å². The first-order chi connectivity index (χ1) is 10.6. The van der Waals surface area contributed by atoms with Gasteiger partial charge in [-0.1, -0.05) is 6.07 Å². The molecule has 2 aromatic rings. The number of carbonyl (C=O) groups excluding carboxylic acids is 2. The molecule has 0 radical (unpaired) electrons. The summed E-state index contributed by atoms with van der Waals surface area (Å²) in [4.78, 5) is 31.8. The van der Waals surface area contributed by atoms with Gasteiger partial charge < -0.3 is 10.2 Å². The van der Waals surface area contributed by atoms with Crippen molar-refractivity contribution in [3.63, 3.8) is 0 Å². The van der Waals surface area contributed by atoms with Gasteiger partial charge in [0.15, 0.2) is 0 Å². The Morgan fingerprint density at radius 3 is 2.91 bits per heavy atom. The van der Waals surface area contributed by atoms with E-state index in [1.54, 1.807) is 17.2 Å². The Morgan fingerprint density at radius 1 is 1.41 bits per heavy atom. The fourth-order valence-electron chi connectivity index (χ4n) is 2.50. The highest BCUT2D eigenvalue weighted by molar-refractivity contribution is 7.10. The molecule has 0 spiro atoms. The van der Waals surface area contributed by atoms with E-state index >= 15 is 0 Å². The number of thiophene rings is 1. The standard InChI is InChI=1S/C16H17N3O2S/c1-10-8-12(18-9-11(10)2)16(21)19-6-5-17-15(20)14(19)13-4-3-7-22-13/h3-4,7-9,14H,5-6H2,1-2H3,(H,17,20). The topological polar surface area (TPSA) is 62.3 Å². The molecule has 114 valence electrons. The van der Waals surface area contributed by atoms with Gasteiger partial charge in [-0.15, -0.1) is 11.3 Å². The molecule has 0 bridgehead atoms. The van der Waals surface area contributed by atoms with E-state index in [1.807, 2.05) is 31.4 Å². The average Bonchev–Trinajstić information content (AvgIpc) is 3.03. The zero-order valence-corrected chi connectivity index (χ0v) is 13.3. The minimum atomic E-state index is -0.565. The minimum Gasteiger partial charge on any atom is -0.352 e. The number of aromatic nitrogens is 1. The van der Waals surface area contributed by atoms with E-state index in [0.29, 0.717) is 18.8 Å². The molecule has 1 saturated heterocycles. The number of nitrogens with one attached hydrogen (secondary N) is 1. The van der Waals surface area contributed by atoms with Crippen molar-refractivity contribution in [2.75, 3.05) is 13.1 Å². The largest absolute Gasteiger partial charge is 0.352 e. The number of hydrogen-bond acceptors (Lipinski definition) is 4. The molecule has 1 unspecified atom stereocenters. The van der Waals surface area contributed by atoms with Crippen molar-refractivity contribution in [3.8, 4) is 0 Å². The lowest BCUT2D eigenvalue weighted by atomic mass is 10.1. The molecule has 3 heterocycles. The summed E-state index contributed by atoms with van der Waals surface area (Å²) in [5.74, 6) is -0.331. The first-order valence-electron chi connectivity index (χ1n) is 7.13. The van der Waals surface area contributed by atoms with Crippen LogP contribution in [-0.4, -0.2) is 34.8 Å².